The first-order valence-corrected chi connectivity index (χ1v) is 6.61. The average Bonchev–Trinajstić information content (AvgIpc) is 2.39. The molecule has 1 aromatic carbocycles. The molecule has 2 rings (SSSR count). The molecule has 22 heavy (non-hydrogen) atoms. The fourth-order valence-electron chi connectivity index (χ4n) is 2.03. The molecule has 0 aliphatic rings. The maximum absolute atomic E-state index is 12.9. The van der Waals surface area contributed by atoms with Crippen LogP contribution < -0.4 is 5.56 Å². The van der Waals surface area contributed by atoms with Crippen LogP contribution in [0, 0.1) is 18.3 Å². The number of aryl methyl sites for hydroxylation is 1. The molecular weight excluding hydrogens is 340 g/mol. The minimum absolute atomic E-state index is 0.000507. The topological polar surface area (TPSA) is 45.8 Å². The molecule has 3 nitrogen and oxygen atoms in total. The molecule has 0 atom stereocenters. The number of pyridine rings is 1. The molecule has 0 unspecified atom stereocenters. The third kappa shape index (κ3) is 2.82. The second kappa shape index (κ2) is 5.67. The van der Waals surface area contributed by atoms with Gasteiger partial charge in [-0.05, 0) is 31.2 Å². The van der Waals surface area contributed by atoms with Crippen molar-refractivity contribution in [2.24, 2.45) is 0 Å². The second-order valence-electron chi connectivity index (χ2n) is 4.42. The van der Waals surface area contributed by atoms with Gasteiger partial charge in [0.15, 0.2) is 0 Å². The van der Waals surface area contributed by atoms with Crippen molar-refractivity contribution < 1.29 is 13.2 Å². The van der Waals surface area contributed by atoms with Crippen LogP contribution in [0.1, 0.15) is 16.8 Å². The molecule has 1 aromatic heterocycles. The van der Waals surface area contributed by atoms with Gasteiger partial charge in [0.1, 0.15) is 11.6 Å². The first-order valence-electron chi connectivity index (χ1n) is 5.86. The Morgan fingerprint density at radius 2 is 1.86 bits per heavy atom. The van der Waals surface area contributed by atoms with Gasteiger partial charge in [-0.2, -0.15) is 18.4 Å². The van der Waals surface area contributed by atoms with Gasteiger partial charge < -0.3 is 0 Å². The molecule has 0 saturated carbocycles. The quantitative estimate of drug-likeness (QED) is 0.770. The summed E-state index contributed by atoms with van der Waals surface area (Å²) < 4.78 is 39.7. The summed E-state index contributed by atoms with van der Waals surface area (Å²) in [5.41, 5.74) is -3.18. The van der Waals surface area contributed by atoms with E-state index in [4.69, 9.17) is 28.5 Å². The van der Waals surface area contributed by atoms with Crippen molar-refractivity contribution in [1.29, 1.82) is 5.26 Å². The van der Waals surface area contributed by atoms with E-state index in [0.717, 1.165) is 10.6 Å². The number of nitrogens with zero attached hydrogens (tertiary/aromatic N) is 2. The van der Waals surface area contributed by atoms with Crippen molar-refractivity contribution in [3.05, 3.63) is 61.5 Å². The van der Waals surface area contributed by atoms with Crippen LogP contribution in [0.3, 0.4) is 0 Å². The van der Waals surface area contributed by atoms with E-state index in [1.165, 1.54) is 31.2 Å². The van der Waals surface area contributed by atoms with Gasteiger partial charge >= 0.3 is 6.18 Å². The number of aromatic nitrogens is 1. The summed E-state index contributed by atoms with van der Waals surface area (Å²) in [5.74, 6) is 0. The van der Waals surface area contributed by atoms with Crippen molar-refractivity contribution in [1.82, 2.24) is 4.57 Å². The first-order chi connectivity index (χ1) is 10.2. The zero-order chi connectivity index (χ0) is 16.7. The molecule has 0 amide bonds. The fraction of sp³-hybridized carbons (Fsp3) is 0.143. The van der Waals surface area contributed by atoms with Crippen LogP contribution in [-0.2, 0) is 6.18 Å². The summed E-state index contributed by atoms with van der Waals surface area (Å²) in [5, 5.41) is 9.32. The van der Waals surface area contributed by atoms with Crippen molar-refractivity contribution >= 4 is 23.2 Å². The lowest BCUT2D eigenvalue weighted by Gasteiger charge is -2.16. The summed E-state index contributed by atoms with van der Waals surface area (Å²) in [6, 6.07) is 6.25. The fourth-order valence-corrected chi connectivity index (χ4v) is 2.52. The molecule has 2 aromatic rings. The predicted molar refractivity (Wildman–Crippen MR) is 76.5 cm³/mol. The lowest BCUT2D eigenvalue weighted by Crippen LogP contribution is -2.27. The molecule has 8 heteroatoms. The van der Waals surface area contributed by atoms with E-state index in [2.05, 4.69) is 0 Å². The van der Waals surface area contributed by atoms with E-state index in [1.54, 1.807) is 0 Å². The molecule has 0 aliphatic heterocycles. The summed E-state index contributed by atoms with van der Waals surface area (Å²) >= 11 is 11.7. The van der Waals surface area contributed by atoms with E-state index in [-0.39, 0.29) is 16.4 Å². The summed E-state index contributed by atoms with van der Waals surface area (Å²) in [7, 11) is 0. The Morgan fingerprint density at radius 3 is 2.36 bits per heavy atom. The van der Waals surface area contributed by atoms with Gasteiger partial charge in [0.25, 0.3) is 5.56 Å². The maximum atomic E-state index is 12.9. The maximum Gasteiger partial charge on any atom is 0.417 e. The van der Waals surface area contributed by atoms with Crippen LogP contribution >= 0.6 is 23.2 Å². The van der Waals surface area contributed by atoms with E-state index < -0.39 is 22.9 Å². The molecule has 0 bridgehead atoms. The van der Waals surface area contributed by atoms with Crippen molar-refractivity contribution in [2.45, 2.75) is 13.1 Å². The van der Waals surface area contributed by atoms with Crippen LogP contribution in [0.5, 0.6) is 0 Å². The van der Waals surface area contributed by atoms with E-state index >= 15 is 0 Å². The van der Waals surface area contributed by atoms with Crippen LogP contribution in [0.2, 0.25) is 10.0 Å². The van der Waals surface area contributed by atoms with Gasteiger partial charge in [-0.25, -0.2) is 0 Å². The molecule has 0 aliphatic carbocycles. The Labute approximate surface area is 133 Å². The zero-order valence-electron chi connectivity index (χ0n) is 11.0. The smallest absolute Gasteiger partial charge is 0.279 e. The van der Waals surface area contributed by atoms with Crippen molar-refractivity contribution in [2.75, 3.05) is 0 Å². The number of halogens is 5. The third-order valence-corrected chi connectivity index (χ3v) is 3.50. The summed E-state index contributed by atoms with van der Waals surface area (Å²) in [6.07, 6.45) is -4.79. The summed E-state index contributed by atoms with van der Waals surface area (Å²) in [6.45, 7) is 1.32. The Balaban J connectivity index is 2.86. The molecule has 0 spiro atoms. The first kappa shape index (κ1) is 16.4. The number of alkyl halides is 3. The SMILES string of the molecule is Cc1cc(C(F)(F)F)c(C#N)c(=O)n1-c1ccc(Cl)cc1Cl. The molecule has 114 valence electrons. The zero-order valence-corrected chi connectivity index (χ0v) is 12.5. The Kier molecular flexibility index (Phi) is 4.23. The highest BCUT2D eigenvalue weighted by molar-refractivity contribution is 6.35. The molecule has 0 saturated heterocycles. The number of hydrogen-bond acceptors (Lipinski definition) is 2. The van der Waals surface area contributed by atoms with Crippen LogP contribution in [0.4, 0.5) is 13.2 Å². The van der Waals surface area contributed by atoms with Crippen LogP contribution in [-0.4, -0.2) is 4.57 Å². The average molecular weight is 347 g/mol. The highest BCUT2D eigenvalue weighted by Crippen LogP contribution is 2.32. The minimum Gasteiger partial charge on any atom is -0.279 e. The van der Waals surface area contributed by atoms with Crippen molar-refractivity contribution in [3.8, 4) is 11.8 Å². The molecule has 1 heterocycles. The van der Waals surface area contributed by atoms with Gasteiger partial charge in [-0.15, -0.1) is 0 Å². The minimum atomic E-state index is -4.79. The van der Waals surface area contributed by atoms with E-state index in [9.17, 15) is 18.0 Å². The van der Waals surface area contributed by atoms with Gasteiger partial charge in [-0.1, -0.05) is 23.2 Å². The van der Waals surface area contributed by atoms with Crippen LogP contribution in [0.15, 0.2) is 29.1 Å². The predicted octanol–water partition coefficient (Wildman–Crippen LogP) is 4.34. The largest absolute Gasteiger partial charge is 0.417 e. The number of hydrogen-bond donors (Lipinski definition) is 0. The van der Waals surface area contributed by atoms with Gasteiger partial charge in [-0.3, -0.25) is 9.36 Å². The Bertz CT molecular complexity index is 851. The standard InChI is InChI=1S/C14H7Cl2F3N2O/c1-7-4-10(14(17,18)19)9(6-20)13(22)21(7)12-3-2-8(15)5-11(12)16/h2-5H,1H3. The number of rotatable bonds is 1. The Morgan fingerprint density at radius 1 is 1.23 bits per heavy atom. The van der Waals surface area contributed by atoms with Gasteiger partial charge in [0, 0.05) is 10.7 Å². The Hall–Kier alpha value is -1.97. The monoisotopic (exact) mass is 346 g/mol. The van der Waals surface area contributed by atoms with Crippen LogP contribution in [0.25, 0.3) is 5.69 Å². The lowest BCUT2D eigenvalue weighted by atomic mass is 10.1. The lowest BCUT2D eigenvalue weighted by molar-refractivity contribution is -0.138. The third-order valence-electron chi connectivity index (χ3n) is 2.96. The van der Waals surface area contributed by atoms with E-state index in [1.807, 2.05) is 0 Å². The molecule has 0 N–H and O–H groups in total. The van der Waals surface area contributed by atoms with Crippen molar-refractivity contribution in [3.63, 3.8) is 0 Å². The second-order valence-corrected chi connectivity index (χ2v) is 5.26. The number of benzene rings is 1. The highest BCUT2D eigenvalue weighted by atomic mass is 35.5. The molecule has 0 fully saturated rings. The highest BCUT2D eigenvalue weighted by Gasteiger charge is 2.36. The van der Waals surface area contributed by atoms with E-state index in [0.29, 0.717) is 5.02 Å². The van der Waals surface area contributed by atoms with Gasteiger partial charge in [0.2, 0.25) is 0 Å². The molecular formula is C14H7Cl2F3N2O. The number of nitriles is 1. The molecule has 0 radical (unpaired) electrons. The summed E-state index contributed by atoms with van der Waals surface area (Å²) in [4.78, 5) is 12.3. The normalized spacial score (nSPS) is 11.3. The van der Waals surface area contributed by atoms with Gasteiger partial charge in [0.05, 0.1) is 16.3 Å².